The monoisotopic (exact) mass is 295 g/mol. The predicted molar refractivity (Wildman–Crippen MR) is 87.0 cm³/mol. The molecule has 0 saturated carbocycles. The van der Waals surface area contributed by atoms with Crippen molar-refractivity contribution >= 4 is 5.91 Å². The fourth-order valence-electron chi connectivity index (χ4n) is 3.75. The van der Waals surface area contributed by atoms with Crippen LogP contribution in [0.25, 0.3) is 0 Å². The highest BCUT2D eigenvalue weighted by Crippen LogP contribution is 2.28. The van der Waals surface area contributed by atoms with Gasteiger partial charge in [-0.2, -0.15) is 0 Å². The van der Waals surface area contributed by atoms with Crippen LogP contribution in [0.4, 0.5) is 0 Å². The molecule has 2 rings (SSSR count). The van der Waals surface area contributed by atoms with Crippen molar-refractivity contribution in [1.82, 2.24) is 15.1 Å². The van der Waals surface area contributed by atoms with Crippen LogP contribution in [0.2, 0.25) is 0 Å². The minimum absolute atomic E-state index is 0.0194. The maximum absolute atomic E-state index is 12.9. The highest BCUT2D eigenvalue weighted by molar-refractivity contribution is 5.85. The van der Waals surface area contributed by atoms with Crippen LogP contribution in [0.15, 0.2) is 0 Å². The third-order valence-electron chi connectivity index (χ3n) is 5.13. The van der Waals surface area contributed by atoms with Gasteiger partial charge in [0.1, 0.15) is 0 Å². The lowest BCUT2D eigenvalue weighted by Gasteiger charge is -2.39. The molecule has 122 valence electrons. The Kier molecular flexibility index (Phi) is 5.67. The van der Waals surface area contributed by atoms with E-state index in [1.165, 1.54) is 6.42 Å². The number of rotatable bonds is 5. The van der Waals surface area contributed by atoms with Crippen LogP contribution < -0.4 is 5.32 Å². The van der Waals surface area contributed by atoms with Crippen LogP contribution in [0.5, 0.6) is 0 Å². The second-order valence-electron chi connectivity index (χ2n) is 7.48. The molecule has 4 unspecified atom stereocenters. The van der Waals surface area contributed by atoms with E-state index in [0.29, 0.717) is 23.8 Å². The number of piperidine rings is 1. The Morgan fingerprint density at radius 1 is 1.33 bits per heavy atom. The molecule has 0 aromatic heterocycles. The molecular weight excluding hydrogens is 262 g/mol. The third-order valence-corrected chi connectivity index (χ3v) is 5.13. The molecule has 4 atom stereocenters. The van der Waals surface area contributed by atoms with Crippen molar-refractivity contribution in [1.29, 1.82) is 0 Å². The summed E-state index contributed by atoms with van der Waals surface area (Å²) in [6, 6.07) is 0.410. The molecule has 1 N–H and O–H groups in total. The molecule has 1 amide bonds. The Bertz CT molecular complexity index is 358. The highest BCUT2D eigenvalue weighted by atomic mass is 16.2. The Balaban J connectivity index is 2.15. The minimum Gasteiger partial charge on any atom is -0.322 e. The van der Waals surface area contributed by atoms with Gasteiger partial charge < -0.3 is 9.80 Å². The number of hydrogen-bond acceptors (Lipinski definition) is 3. The molecule has 0 bridgehead atoms. The maximum Gasteiger partial charge on any atom is 0.241 e. The summed E-state index contributed by atoms with van der Waals surface area (Å²) >= 11 is 0. The summed E-state index contributed by atoms with van der Waals surface area (Å²) < 4.78 is 0. The molecular formula is C17H33N3O. The Hall–Kier alpha value is -0.610. The van der Waals surface area contributed by atoms with Gasteiger partial charge in [0.05, 0.1) is 12.2 Å². The van der Waals surface area contributed by atoms with E-state index in [9.17, 15) is 4.79 Å². The first kappa shape index (κ1) is 16.8. The number of carbonyl (C=O) groups is 1. The molecule has 0 spiro atoms. The van der Waals surface area contributed by atoms with Crippen LogP contribution in [0.3, 0.4) is 0 Å². The van der Waals surface area contributed by atoms with Crippen molar-refractivity contribution in [3.05, 3.63) is 0 Å². The van der Waals surface area contributed by atoms with Crippen LogP contribution in [0.1, 0.15) is 53.4 Å². The van der Waals surface area contributed by atoms with Gasteiger partial charge in [-0.05, 0) is 44.7 Å². The largest absolute Gasteiger partial charge is 0.322 e. The number of likely N-dealkylation sites (tertiary alicyclic amines) is 1. The van der Waals surface area contributed by atoms with Crippen molar-refractivity contribution < 1.29 is 4.79 Å². The Morgan fingerprint density at radius 3 is 2.62 bits per heavy atom. The molecule has 0 radical (unpaired) electrons. The lowest BCUT2D eigenvalue weighted by atomic mass is 9.98. The Labute approximate surface area is 130 Å². The van der Waals surface area contributed by atoms with Crippen LogP contribution in [0, 0.1) is 11.8 Å². The number of amides is 1. The van der Waals surface area contributed by atoms with Gasteiger partial charge in [-0.15, -0.1) is 0 Å². The van der Waals surface area contributed by atoms with E-state index in [1.807, 2.05) is 0 Å². The van der Waals surface area contributed by atoms with Gasteiger partial charge in [0.25, 0.3) is 0 Å². The molecule has 2 saturated heterocycles. The quantitative estimate of drug-likeness (QED) is 0.845. The second-order valence-corrected chi connectivity index (χ2v) is 7.48. The van der Waals surface area contributed by atoms with Gasteiger partial charge in [0.15, 0.2) is 0 Å². The molecule has 2 aliphatic rings. The molecule has 0 aromatic rings. The normalized spacial score (nSPS) is 33.0. The molecule has 2 heterocycles. The zero-order chi connectivity index (χ0) is 15.6. The van der Waals surface area contributed by atoms with Gasteiger partial charge in [-0.25, -0.2) is 0 Å². The van der Waals surface area contributed by atoms with Crippen LogP contribution >= 0.6 is 0 Å². The first-order valence-electron chi connectivity index (χ1n) is 8.70. The van der Waals surface area contributed by atoms with Crippen molar-refractivity contribution in [2.24, 2.45) is 11.8 Å². The van der Waals surface area contributed by atoms with Gasteiger partial charge in [-0.3, -0.25) is 10.1 Å². The van der Waals surface area contributed by atoms with Gasteiger partial charge >= 0.3 is 0 Å². The lowest BCUT2D eigenvalue weighted by molar-refractivity contribution is -0.134. The zero-order valence-electron chi connectivity index (χ0n) is 14.4. The van der Waals surface area contributed by atoms with Crippen molar-refractivity contribution in [2.45, 2.75) is 71.6 Å². The first-order chi connectivity index (χ1) is 9.93. The van der Waals surface area contributed by atoms with E-state index in [-0.39, 0.29) is 12.2 Å². The van der Waals surface area contributed by atoms with Crippen LogP contribution in [-0.4, -0.2) is 54.1 Å². The van der Waals surface area contributed by atoms with E-state index >= 15 is 0 Å². The molecule has 0 aromatic carbocycles. The maximum atomic E-state index is 12.9. The smallest absolute Gasteiger partial charge is 0.241 e. The summed E-state index contributed by atoms with van der Waals surface area (Å²) in [5, 5.41) is 3.64. The summed E-state index contributed by atoms with van der Waals surface area (Å²) in [6.45, 7) is 11.0. The van der Waals surface area contributed by atoms with Crippen LogP contribution in [-0.2, 0) is 4.79 Å². The highest BCUT2D eigenvalue weighted by Gasteiger charge is 2.44. The predicted octanol–water partition coefficient (Wildman–Crippen LogP) is 2.30. The molecule has 21 heavy (non-hydrogen) atoms. The summed E-state index contributed by atoms with van der Waals surface area (Å²) in [5.74, 6) is 1.36. The van der Waals surface area contributed by atoms with E-state index in [4.69, 9.17) is 0 Å². The van der Waals surface area contributed by atoms with Crippen molar-refractivity contribution in [3.63, 3.8) is 0 Å². The average molecular weight is 295 g/mol. The van der Waals surface area contributed by atoms with Crippen molar-refractivity contribution in [2.75, 3.05) is 20.1 Å². The van der Waals surface area contributed by atoms with Gasteiger partial charge in [0, 0.05) is 12.6 Å². The summed E-state index contributed by atoms with van der Waals surface area (Å²) in [6.07, 6.45) is 4.69. The summed E-state index contributed by atoms with van der Waals surface area (Å²) in [7, 11) is 2.17. The molecule has 4 heteroatoms. The molecule has 0 aliphatic carbocycles. The fraction of sp³-hybridized carbons (Fsp3) is 0.941. The summed E-state index contributed by atoms with van der Waals surface area (Å²) in [4.78, 5) is 17.5. The first-order valence-corrected chi connectivity index (χ1v) is 8.70. The van der Waals surface area contributed by atoms with E-state index in [2.05, 4.69) is 49.9 Å². The topological polar surface area (TPSA) is 35.6 Å². The number of likely N-dealkylation sites (N-methyl/N-ethyl adjacent to an activating group) is 1. The SMILES string of the molecule is CCC(C)C1NC(CC(C)C)N(C2CCCN(C)C2)C1=O. The van der Waals surface area contributed by atoms with Gasteiger partial charge in [0.2, 0.25) is 5.91 Å². The van der Waals surface area contributed by atoms with E-state index in [0.717, 1.165) is 32.4 Å². The van der Waals surface area contributed by atoms with Gasteiger partial charge in [-0.1, -0.05) is 34.1 Å². The Morgan fingerprint density at radius 2 is 2.05 bits per heavy atom. The van der Waals surface area contributed by atoms with Crippen molar-refractivity contribution in [3.8, 4) is 0 Å². The molecule has 4 nitrogen and oxygen atoms in total. The molecule has 2 fully saturated rings. The lowest BCUT2D eigenvalue weighted by Crippen LogP contribution is -2.52. The minimum atomic E-state index is 0.0194. The molecule has 2 aliphatic heterocycles. The second kappa shape index (κ2) is 7.10. The van der Waals surface area contributed by atoms with E-state index < -0.39 is 0 Å². The third kappa shape index (κ3) is 3.78. The number of hydrogen-bond donors (Lipinski definition) is 1. The van der Waals surface area contributed by atoms with E-state index in [1.54, 1.807) is 0 Å². The summed E-state index contributed by atoms with van der Waals surface area (Å²) in [5.41, 5.74) is 0. The number of nitrogens with one attached hydrogen (secondary N) is 1. The number of nitrogens with zero attached hydrogens (tertiary/aromatic N) is 2. The number of carbonyl (C=O) groups excluding carboxylic acids is 1. The average Bonchev–Trinajstić information content (AvgIpc) is 2.74. The fourth-order valence-corrected chi connectivity index (χ4v) is 3.75. The zero-order valence-corrected chi connectivity index (χ0v) is 14.4. The standard InChI is InChI=1S/C17H33N3O/c1-6-13(4)16-17(21)20(15(18-16)10-12(2)3)14-8-7-9-19(5)11-14/h12-16,18H,6-11H2,1-5H3.